The summed E-state index contributed by atoms with van der Waals surface area (Å²) in [6.45, 7) is 5.93. The number of aryl methyl sites for hydroxylation is 1. The molecule has 0 saturated carbocycles. The molecule has 10 heteroatoms. The second-order valence-corrected chi connectivity index (χ2v) is 5.54. The molecule has 0 aliphatic heterocycles. The van der Waals surface area contributed by atoms with Gasteiger partial charge in [-0.1, -0.05) is 17.8 Å². The number of allylic oxidation sites excluding steroid dienone is 1. The Kier molecular flexibility index (Phi) is 5.37. The monoisotopic (exact) mass is 344 g/mol. The highest BCUT2D eigenvalue weighted by molar-refractivity contribution is 7.98. The number of hydrogen-bond donors (Lipinski definition) is 1. The number of thioether (sulfide) groups is 1. The van der Waals surface area contributed by atoms with Gasteiger partial charge < -0.3 is 10.3 Å². The average Bonchev–Trinajstić information content (AvgIpc) is 2.87. The van der Waals surface area contributed by atoms with E-state index in [1.165, 1.54) is 24.9 Å². The zero-order chi connectivity index (χ0) is 17.0. The van der Waals surface area contributed by atoms with Crippen LogP contribution in [0.25, 0.3) is 0 Å². The molecule has 0 radical (unpaired) electrons. The minimum atomic E-state index is -4.55. The molecule has 6 nitrogen and oxygen atoms in total. The van der Waals surface area contributed by atoms with E-state index in [0.717, 1.165) is 0 Å². The molecule has 0 amide bonds. The van der Waals surface area contributed by atoms with E-state index in [0.29, 0.717) is 28.8 Å². The number of aromatic nitrogens is 5. The molecule has 0 aromatic carbocycles. The number of hydrogen-bond acceptors (Lipinski definition) is 6. The van der Waals surface area contributed by atoms with E-state index >= 15 is 0 Å². The van der Waals surface area contributed by atoms with Crippen molar-refractivity contribution >= 4 is 11.8 Å². The van der Waals surface area contributed by atoms with Gasteiger partial charge in [-0.2, -0.15) is 13.2 Å². The van der Waals surface area contributed by atoms with Crippen molar-refractivity contribution in [3.05, 3.63) is 41.8 Å². The molecular formula is C13H15F3N6S. The Bertz CT molecular complexity index is 698. The van der Waals surface area contributed by atoms with Gasteiger partial charge in [0, 0.05) is 29.8 Å². The van der Waals surface area contributed by atoms with Crippen LogP contribution in [0.15, 0.2) is 24.0 Å². The highest BCUT2D eigenvalue weighted by atomic mass is 32.2. The van der Waals surface area contributed by atoms with Crippen molar-refractivity contribution in [1.29, 1.82) is 0 Å². The van der Waals surface area contributed by atoms with Gasteiger partial charge in [-0.15, -0.1) is 16.8 Å². The number of nitrogens with zero attached hydrogens (tertiary/aromatic N) is 5. The maximum atomic E-state index is 12.6. The van der Waals surface area contributed by atoms with Gasteiger partial charge in [0.1, 0.15) is 5.82 Å². The molecule has 0 aliphatic rings. The van der Waals surface area contributed by atoms with Gasteiger partial charge in [0.15, 0.2) is 5.16 Å². The molecule has 0 unspecified atom stereocenters. The first-order valence-electron chi connectivity index (χ1n) is 6.62. The Morgan fingerprint density at radius 3 is 2.70 bits per heavy atom. The molecule has 2 aromatic heterocycles. The molecule has 2 N–H and O–H groups in total. The zero-order valence-electron chi connectivity index (χ0n) is 12.3. The van der Waals surface area contributed by atoms with Gasteiger partial charge in [-0.3, -0.25) is 0 Å². The van der Waals surface area contributed by atoms with E-state index in [1.807, 2.05) is 0 Å². The third kappa shape index (κ3) is 4.08. The predicted molar refractivity (Wildman–Crippen MR) is 79.4 cm³/mol. The van der Waals surface area contributed by atoms with E-state index in [2.05, 4.69) is 26.7 Å². The topological polar surface area (TPSA) is 82.5 Å². The van der Waals surface area contributed by atoms with Gasteiger partial charge in [0.2, 0.25) is 5.82 Å². The minimum Gasteiger partial charge on any atom is -0.324 e. The summed E-state index contributed by atoms with van der Waals surface area (Å²) in [6.07, 6.45) is -1.66. The molecular weight excluding hydrogens is 329 g/mol. The summed E-state index contributed by atoms with van der Waals surface area (Å²) in [6, 6.07) is 0. The normalized spacial score (nSPS) is 11.7. The lowest BCUT2D eigenvalue weighted by atomic mass is 10.3. The number of rotatable bonds is 6. The fourth-order valence-corrected chi connectivity index (χ4v) is 2.80. The third-order valence-corrected chi connectivity index (χ3v) is 3.99. The Morgan fingerprint density at radius 2 is 2.13 bits per heavy atom. The molecule has 0 aliphatic carbocycles. The molecule has 0 bridgehead atoms. The largest absolute Gasteiger partial charge is 0.451 e. The van der Waals surface area contributed by atoms with Crippen LogP contribution in [0.5, 0.6) is 0 Å². The van der Waals surface area contributed by atoms with E-state index < -0.39 is 12.0 Å². The highest BCUT2D eigenvalue weighted by Gasteiger charge is 2.34. The third-order valence-electron chi connectivity index (χ3n) is 2.98. The molecule has 2 aromatic rings. The van der Waals surface area contributed by atoms with E-state index in [9.17, 15) is 13.2 Å². The summed E-state index contributed by atoms with van der Waals surface area (Å²) in [7, 11) is 0. The van der Waals surface area contributed by atoms with E-state index in [1.54, 1.807) is 10.6 Å². The highest BCUT2D eigenvalue weighted by Crippen LogP contribution is 2.28. The fraction of sp³-hybridized carbons (Fsp3) is 0.385. The Morgan fingerprint density at radius 1 is 1.39 bits per heavy atom. The lowest BCUT2D eigenvalue weighted by Crippen LogP contribution is -2.12. The van der Waals surface area contributed by atoms with Crippen molar-refractivity contribution < 1.29 is 13.2 Å². The molecule has 0 fully saturated rings. The van der Waals surface area contributed by atoms with Crippen LogP contribution in [0.3, 0.4) is 0 Å². The smallest absolute Gasteiger partial charge is 0.324 e. The quantitative estimate of drug-likeness (QED) is 0.640. The first kappa shape index (κ1) is 17.4. The van der Waals surface area contributed by atoms with Crippen LogP contribution in [-0.2, 0) is 25.0 Å². The van der Waals surface area contributed by atoms with Crippen LogP contribution < -0.4 is 5.73 Å². The van der Waals surface area contributed by atoms with Crippen molar-refractivity contribution in [2.45, 2.75) is 37.1 Å². The predicted octanol–water partition coefficient (Wildman–Crippen LogP) is 2.33. The number of nitrogens with two attached hydrogens (primary N) is 1. The summed E-state index contributed by atoms with van der Waals surface area (Å²) >= 11 is 1.33. The van der Waals surface area contributed by atoms with Crippen molar-refractivity contribution in [1.82, 2.24) is 24.7 Å². The molecule has 23 heavy (non-hydrogen) atoms. The Hall–Kier alpha value is -1.94. The van der Waals surface area contributed by atoms with Gasteiger partial charge in [-0.05, 0) is 6.92 Å². The van der Waals surface area contributed by atoms with Gasteiger partial charge in [-0.25, -0.2) is 9.97 Å². The Balaban J connectivity index is 2.15. The van der Waals surface area contributed by atoms with Gasteiger partial charge >= 0.3 is 6.18 Å². The summed E-state index contributed by atoms with van der Waals surface area (Å²) < 4.78 is 39.5. The van der Waals surface area contributed by atoms with Crippen molar-refractivity contribution in [2.24, 2.45) is 5.73 Å². The maximum absolute atomic E-state index is 12.6. The summed E-state index contributed by atoms with van der Waals surface area (Å²) in [5.41, 5.74) is 6.48. The lowest BCUT2D eigenvalue weighted by molar-refractivity contribution is -0.145. The molecule has 2 heterocycles. The minimum absolute atomic E-state index is 0.240. The van der Waals surface area contributed by atoms with Crippen LogP contribution in [0.2, 0.25) is 0 Å². The van der Waals surface area contributed by atoms with Gasteiger partial charge in [0.25, 0.3) is 0 Å². The summed E-state index contributed by atoms with van der Waals surface area (Å²) in [4.78, 5) is 6.88. The zero-order valence-corrected chi connectivity index (χ0v) is 13.2. The first-order chi connectivity index (χ1) is 10.9. The first-order valence-corrected chi connectivity index (χ1v) is 7.61. The SMILES string of the molecule is C=CCn1c(CN)nnc1SCc1cnc(C(F)(F)F)nc1C. The molecule has 0 atom stereocenters. The summed E-state index contributed by atoms with van der Waals surface area (Å²) in [5.74, 6) is -0.138. The second-order valence-electron chi connectivity index (χ2n) is 4.59. The van der Waals surface area contributed by atoms with Crippen LogP contribution in [0.4, 0.5) is 13.2 Å². The van der Waals surface area contributed by atoms with Crippen molar-refractivity contribution in [3.63, 3.8) is 0 Å². The maximum Gasteiger partial charge on any atom is 0.451 e. The van der Waals surface area contributed by atoms with Crippen molar-refractivity contribution in [3.8, 4) is 0 Å². The van der Waals surface area contributed by atoms with E-state index in [4.69, 9.17) is 5.73 Å². The standard InChI is InChI=1S/C13H15F3N6S/c1-3-4-22-10(5-17)20-21-12(22)23-7-9-6-18-11(13(14,15)16)19-8(9)2/h3,6H,1,4-5,7,17H2,2H3. The fourth-order valence-electron chi connectivity index (χ4n) is 1.80. The molecule has 124 valence electrons. The van der Waals surface area contributed by atoms with Crippen LogP contribution in [0, 0.1) is 6.92 Å². The van der Waals surface area contributed by atoms with Crippen LogP contribution in [-0.4, -0.2) is 24.7 Å². The van der Waals surface area contributed by atoms with Crippen LogP contribution >= 0.6 is 11.8 Å². The Labute approximate surface area is 135 Å². The van der Waals surface area contributed by atoms with Gasteiger partial charge in [0.05, 0.1) is 6.54 Å². The van der Waals surface area contributed by atoms with Crippen molar-refractivity contribution in [2.75, 3.05) is 0 Å². The summed E-state index contributed by atoms with van der Waals surface area (Å²) in [5, 5.41) is 8.62. The number of alkyl halides is 3. The lowest BCUT2D eigenvalue weighted by Gasteiger charge is -2.09. The average molecular weight is 344 g/mol. The molecule has 0 spiro atoms. The van der Waals surface area contributed by atoms with E-state index in [-0.39, 0.29) is 12.2 Å². The molecule has 0 saturated heterocycles. The number of halogens is 3. The van der Waals surface area contributed by atoms with Crippen LogP contribution in [0.1, 0.15) is 22.9 Å². The second kappa shape index (κ2) is 7.09. The molecule has 2 rings (SSSR count).